The van der Waals surface area contributed by atoms with Gasteiger partial charge < -0.3 is 9.84 Å². The minimum Gasteiger partial charge on any atom is -0.485 e. The molecule has 0 saturated heterocycles. The summed E-state index contributed by atoms with van der Waals surface area (Å²) in [6, 6.07) is 9.51. The summed E-state index contributed by atoms with van der Waals surface area (Å²) >= 11 is 0. The van der Waals surface area contributed by atoms with Crippen molar-refractivity contribution in [3.8, 4) is 5.75 Å². The Morgan fingerprint density at radius 3 is 2.68 bits per heavy atom. The Labute approximate surface area is 110 Å². The van der Waals surface area contributed by atoms with Gasteiger partial charge in [-0.1, -0.05) is 37.3 Å². The molecule has 1 aromatic carbocycles. The van der Waals surface area contributed by atoms with Crippen molar-refractivity contribution in [2.75, 3.05) is 0 Å². The van der Waals surface area contributed by atoms with Crippen LogP contribution in [0.15, 0.2) is 36.5 Å². The van der Waals surface area contributed by atoms with Crippen LogP contribution in [0.1, 0.15) is 28.8 Å². The Hall–Kier alpha value is -2.43. The molecule has 2 rings (SSSR count). The van der Waals surface area contributed by atoms with Gasteiger partial charge in [0.1, 0.15) is 12.4 Å². The number of hydrogen-bond acceptors (Lipinski definition) is 4. The second-order valence-electron chi connectivity index (χ2n) is 3.93. The van der Waals surface area contributed by atoms with Crippen LogP contribution in [0.2, 0.25) is 0 Å². The summed E-state index contributed by atoms with van der Waals surface area (Å²) < 4.78 is 5.48. The maximum Gasteiger partial charge on any atom is 0.358 e. The minimum atomic E-state index is -1.11. The first-order valence-corrected chi connectivity index (χ1v) is 5.96. The third kappa shape index (κ3) is 3.28. The number of benzene rings is 1. The highest BCUT2D eigenvalue weighted by molar-refractivity contribution is 5.88. The van der Waals surface area contributed by atoms with Crippen LogP contribution >= 0.6 is 0 Å². The van der Waals surface area contributed by atoms with Gasteiger partial charge in [0.2, 0.25) is 0 Å². The van der Waals surface area contributed by atoms with Gasteiger partial charge >= 0.3 is 5.97 Å². The fourth-order valence-electron chi connectivity index (χ4n) is 1.57. The SMILES string of the molecule is CCc1ncc(OCc2ccccc2)c(C(=O)O)n1. The molecule has 1 N–H and O–H groups in total. The van der Waals surface area contributed by atoms with Crippen molar-refractivity contribution in [1.82, 2.24) is 9.97 Å². The Kier molecular flexibility index (Phi) is 4.07. The lowest BCUT2D eigenvalue weighted by molar-refractivity contribution is 0.0684. The van der Waals surface area contributed by atoms with E-state index in [1.54, 1.807) is 0 Å². The van der Waals surface area contributed by atoms with Gasteiger partial charge in [0, 0.05) is 6.42 Å². The molecule has 0 radical (unpaired) electrons. The van der Waals surface area contributed by atoms with Crippen LogP contribution in [-0.4, -0.2) is 21.0 Å². The third-order valence-corrected chi connectivity index (χ3v) is 2.56. The monoisotopic (exact) mass is 258 g/mol. The van der Waals surface area contributed by atoms with Crippen LogP contribution < -0.4 is 4.74 Å². The number of aromatic carboxylic acids is 1. The van der Waals surface area contributed by atoms with E-state index in [1.807, 2.05) is 37.3 Å². The number of aromatic nitrogens is 2. The van der Waals surface area contributed by atoms with Gasteiger partial charge in [-0.2, -0.15) is 0 Å². The normalized spacial score (nSPS) is 10.2. The van der Waals surface area contributed by atoms with E-state index in [1.165, 1.54) is 6.20 Å². The van der Waals surface area contributed by atoms with Crippen molar-refractivity contribution >= 4 is 5.97 Å². The number of hydrogen-bond donors (Lipinski definition) is 1. The highest BCUT2D eigenvalue weighted by Gasteiger charge is 2.15. The molecular weight excluding hydrogens is 244 g/mol. The number of nitrogens with zero attached hydrogens (tertiary/aromatic N) is 2. The van der Waals surface area contributed by atoms with Crippen molar-refractivity contribution in [2.45, 2.75) is 20.0 Å². The van der Waals surface area contributed by atoms with E-state index in [0.717, 1.165) is 5.56 Å². The van der Waals surface area contributed by atoms with Gasteiger partial charge in [0.15, 0.2) is 11.4 Å². The molecule has 2 aromatic rings. The largest absolute Gasteiger partial charge is 0.485 e. The molecule has 0 aliphatic rings. The lowest BCUT2D eigenvalue weighted by atomic mass is 10.2. The number of aryl methyl sites for hydroxylation is 1. The van der Waals surface area contributed by atoms with E-state index >= 15 is 0 Å². The molecule has 0 amide bonds. The molecule has 0 aliphatic carbocycles. The molecule has 5 nitrogen and oxygen atoms in total. The lowest BCUT2D eigenvalue weighted by Crippen LogP contribution is -2.09. The molecule has 0 unspecified atom stereocenters. The molecule has 0 saturated carbocycles. The number of ether oxygens (including phenoxy) is 1. The molecule has 98 valence electrons. The molecule has 1 aromatic heterocycles. The second kappa shape index (κ2) is 5.95. The number of carbonyl (C=O) groups is 1. The molecule has 19 heavy (non-hydrogen) atoms. The maximum atomic E-state index is 11.1. The number of carboxylic acid groups (broad SMARTS) is 1. The predicted octanol–water partition coefficient (Wildman–Crippen LogP) is 2.32. The number of carboxylic acids is 1. The third-order valence-electron chi connectivity index (χ3n) is 2.56. The summed E-state index contributed by atoms with van der Waals surface area (Å²) in [5.41, 5.74) is 0.862. The average molecular weight is 258 g/mol. The zero-order valence-electron chi connectivity index (χ0n) is 10.5. The van der Waals surface area contributed by atoms with Gasteiger partial charge in [-0.3, -0.25) is 0 Å². The van der Waals surface area contributed by atoms with Crippen molar-refractivity contribution in [3.63, 3.8) is 0 Å². The summed E-state index contributed by atoms with van der Waals surface area (Å²) in [4.78, 5) is 19.2. The first kappa shape index (κ1) is 13.0. The van der Waals surface area contributed by atoms with Crippen LogP contribution in [0.4, 0.5) is 0 Å². The first-order chi connectivity index (χ1) is 9.20. The van der Waals surface area contributed by atoms with Crippen molar-refractivity contribution < 1.29 is 14.6 Å². The molecule has 1 heterocycles. The zero-order valence-corrected chi connectivity index (χ0v) is 10.5. The van der Waals surface area contributed by atoms with Gasteiger partial charge in [-0.25, -0.2) is 14.8 Å². The van der Waals surface area contributed by atoms with E-state index in [4.69, 9.17) is 9.84 Å². The standard InChI is InChI=1S/C14H14N2O3/c1-2-12-15-8-11(13(16-12)14(17)18)19-9-10-6-4-3-5-7-10/h3-8H,2,9H2,1H3,(H,17,18). The quantitative estimate of drug-likeness (QED) is 0.891. The molecule has 0 aliphatic heterocycles. The summed E-state index contributed by atoms with van der Waals surface area (Å²) in [7, 11) is 0. The average Bonchev–Trinajstić information content (AvgIpc) is 2.46. The van der Waals surface area contributed by atoms with Crippen molar-refractivity contribution in [3.05, 3.63) is 53.6 Å². The summed E-state index contributed by atoms with van der Waals surface area (Å²) in [5, 5.41) is 9.11. The first-order valence-electron chi connectivity index (χ1n) is 5.96. The smallest absolute Gasteiger partial charge is 0.358 e. The zero-order chi connectivity index (χ0) is 13.7. The Morgan fingerprint density at radius 2 is 2.05 bits per heavy atom. The number of rotatable bonds is 5. The maximum absolute atomic E-state index is 11.1. The topological polar surface area (TPSA) is 72.3 Å². The Morgan fingerprint density at radius 1 is 1.32 bits per heavy atom. The van der Waals surface area contributed by atoms with Crippen LogP contribution in [0, 0.1) is 0 Å². The molecule has 5 heteroatoms. The molecule has 0 bridgehead atoms. The summed E-state index contributed by atoms with van der Waals surface area (Å²) in [6.07, 6.45) is 2.00. The van der Waals surface area contributed by atoms with Gasteiger partial charge in [0.05, 0.1) is 6.20 Å². The Bertz CT molecular complexity index is 570. The fraction of sp³-hybridized carbons (Fsp3) is 0.214. The van der Waals surface area contributed by atoms with Crippen LogP contribution in [-0.2, 0) is 13.0 Å². The highest BCUT2D eigenvalue weighted by atomic mass is 16.5. The van der Waals surface area contributed by atoms with Gasteiger partial charge in [-0.15, -0.1) is 0 Å². The van der Waals surface area contributed by atoms with E-state index < -0.39 is 5.97 Å². The van der Waals surface area contributed by atoms with Crippen molar-refractivity contribution in [1.29, 1.82) is 0 Å². The van der Waals surface area contributed by atoms with Crippen LogP contribution in [0.3, 0.4) is 0 Å². The lowest BCUT2D eigenvalue weighted by Gasteiger charge is -2.08. The summed E-state index contributed by atoms with van der Waals surface area (Å²) in [6.45, 7) is 2.15. The Balaban J connectivity index is 2.18. The minimum absolute atomic E-state index is 0.0946. The molecule has 0 fully saturated rings. The van der Waals surface area contributed by atoms with Gasteiger partial charge in [0.25, 0.3) is 0 Å². The van der Waals surface area contributed by atoms with E-state index in [9.17, 15) is 4.79 Å². The highest BCUT2D eigenvalue weighted by Crippen LogP contribution is 2.17. The van der Waals surface area contributed by atoms with Crippen LogP contribution in [0.25, 0.3) is 0 Å². The van der Waals surface area contributed by atoms with Crippen LogP contribution in [0.5, 0.6) is 5.75 Å². The van der Waals surface area contributed by atoms with E-state index in [2.05, 4.69) is 9.97 Å². The fourth-order valence-corrected chi connectivity index (χ4v) is 1.57. The predicted molar refractivity (Wildman–Crippen MR) is 69.1 cm³/mol. The second-order valence-corrected chi connectivity index (χ2v) is 3.93. The van der Waals surface area contributed by atoms with Crippen molar-refractivity contribution in [2.24, 2.45) is 0 Å². The van der Waals surface area contributed by atoms with E-state index in [0.29, 0.717) is 12.2 Å². The van der Waals surface area contributed by atoms with E-state index in [-0.39, 0.29) is 18.1 Å². The molecule has 0 atom stereocenters. The summed E-state index contributed by atoms with van der Waals surface area (Å²) in [5.74, 6) is -0.432. The molecular formula is C14H14N2O3. The van der Waals surface area contributed by atoms with Gasteiger partial charge in [-0.05, 0) is 5.56 Å². The molecule has 0 spiro atoms.